The fraction of sp³-hybridized carbons (Fsp3) is 0.240. The van der Waals surface area contributed by atoms with E-state index in [1.807, 2.05) is 26.0 Å². The molecule has 5 nitrogen and oxygen atoms in total. The van der Waals surface area contributed by atoms with Crippen molar-refractivity contribution in [2.24, 2.45) is 0 Å². The quantitative estimate of drug-likeness (QED) is 0.259. The van der Waals surface area contributed by atoms with Crippen LogP contribution in [0.15, 0.2) is 68.4 Å². The second kappa shape index (κ2) is 12.2. The number of halogens is 4. The molecule has 0 bridgehead atoms. The Kier molecular flexibility index (Phi) is 9.82. The summed E-state index contributed by atoms with van der Waals surface area (Å²) >= 11 is 19.0. The van der Waals surface area contributed by atoms with Gasteiger partial charge in [0.05, 0.1) is 21.5 Å². The highest BCUT2D eigenvalue weighted by atomic mass is 79.9. The first-order valence-electron chi connectivity index (χ1n) is 10.9. The van der Waals surface area contributed by atoms with Gasteiger partial charge in [-0.1, -0.05) is 75.0 Å². The van der Waals surface area contributed by atoms with E-state index in [9.17, 15) is 13.2 Å². The van der Waals surface area contributed by atoms with E-state index in [0.29, 0.717) is 28.5 Å². The average Bonchev–Trinajstić information content (AvgIpc) is 2.82. The number of benzene rings is 3. The van der Waals surface area contributed by atoms with Crippen LogP contribution in [0.3, 0.4) is 0 Å². The summed E-state index contributed by atoms with van der Waals surface area (Å²) in [5.74, 6) is -0.433. The van der Waals surface area contributed by atoms with Gasteiger partial charge in [0.15, 0.2) is 0 Å². The van der Waals surface area contributed by atoms with Crippen molar-refractivity contribution in [2.75, 3.05) is 11.9 Å². The van der Waals surface area contributed by atoms with Crippen molar-refractivity contribution in [1.29, 1.82) is 0 Å². The van der Waals surface area contributed by atoms with Crippen LogP contribution in [-0.4, -0.2) is 25.2 Å². The highest BCUT2D eigenvalue weighted by molar-refractivity contribution is 9.10. The highest BCUT2D eigenvalue weighted by Gasteiger charge is 2.28. The SMILES string of the molecule is CCc1cc(Br)cc(CC)c1NC(=O)CN(Cc1ccc(Cl)c(Cl)c1)S(=O)(=O)c1ccc(Br)cc1. The van der Waals surface area contributed by atoms with Crippen LogP contribution in [0.1, 0.15) is 30.5 Å². The van der Waals surface area contributed by atoms with Crippen LogP contribution in [0.2, 0.25) is 10.0 Å². The first-order chi connectivity index (χ1) is 16.5. The van der Waals surface area contributed by atoms with E-state index in [0.717, 1.165) is 30.1 Å². The number of hydrogen-bond acceptors (Lipinski definition) is 3. The van der Waals surface area contributed by atoms with Gasteiger partial charge in [0, 0.05) is 21.2 Å². The Bertz CT molecular complexity index is 1310. The van der Waals surface area contributed by atoms with Crippen molar-refractivity contribution in [3.63, 3.8) is 0 Å². The Morgan fingerprint density at radius 3 is 2.03 bits per heavy atom. The van der Waals surface area contributed by atoms with Gasteiger partial charge < -0.3 is 5.32 Å². The summed E-state index contributed by atoms with van der Waals surface area (Å²) in [5, 5.41) is 3.63. The molecule has 1 N–H and O–H groups in total. The molecule has 0 aliphatic rings. The van der Waals surface area contributed by atoms with Crippen molar-refractivity contribution >= 4 is 76.7 Å². The Hall–Kier alpha value is -1.42. The third kappa shape index (κ3) is 7.08. The van der Waals surface area contributed by atoms with Gasteiger partial charge in [0.25, 0.3) is 0 Å². The van der Waals surface area contributed by atoms with E-state index in [1.54, 1.807) is 30.3 Å². The molecular formula is C25H24Br2Cl2N2O3S. The molecule has 0 aromatic heterocycles. The monoisotopic (exact) mass is 660 g/mol. The number of nitrogens with zero attached hydrogens (tertiary/aromatic N) is 1. The number of anilines is 1. The summed E-state index contributed by atoms with van der Waals surface area (Å²) in [4.78, 5) is 13.3. The lowest BCUT2D eigenvalue weighted by atomic mass is 10.0. The van der Waals surface area contributed by atoms with Crippen LogP contribution in [-0.2, 0) is 34.2 Å². The lowest BCUT2D eigenvalue weighted by Crippen LogP contribution is -2.37. The molecule has 0 saturated carbocycles. The number of carbonyl (C=O) groups excluding carboxylic acids is 1. The molecule has 0 fully saturated rings. The highest BCUT2D eigenvalue weighted by Crippen LogP contribution is 2.29. The molecule has 186 valence electrons. The van der Waals surface area contributed by atoms with E-state index in [1.165, 1.54) is 12.1 Å². The third-order valence-corrected chi connectivity index (χ3v) is 8.94. The summed E-state index contributed by atoms with van der Waals surface area (Å²) in [5.41, 5.74) is 3.27. The smallest absolute Gasteiger partial charge is 0.243 e. The number of carbonyl (C=O) groups is 1. The molecule has 0 atom stereocenters. The summed E-state index contributed by atoms with van der Waals surface area (Å²) in [6.45, 7) is 3.59. The second-order valence-corrected chi connectivity index (χ2v) is 12.4. The molecule has 0 radical (unpaired) electrons. The standard InChI is InChI=1S/C25H24Br2Cl2N2O3S/c1-3-17-12-20(27)13-18(4-2)25(17)30-24(32)15-31(14-16-5-10-22(28)23(29)11-16)35(33,34)21-8-6-19(26)7-9-21/h5-13H,3-4,14-15H2,1-2H3,(H,30,32). The maximum absolute atomic E-state index is 13.5. The minimum absolute atomic E-state index is 0.0513. The first-order valence-corrected chi connectivity index (χ1v) is 14.6. The zero-order valence-corrected chi connectivity index (χ0v) is 24.6. The largest absolute Gasteiger partial charge is 0.324 e. The van der Waals surface area contributed by atoms with Crippen molar-refractivity contribution in [1.82, 2.24) is 4.31 Å². The molecule has 0 aliphatic carbocycles. The zero-order valence-electron chi connectivity index (χ0n) is 19.1. The van der Waals surface area contributed by atoms with Crippen LogP contribution >= 0.6 is 55.1 Å². The zero-order chi connectivity index (χ0) is 25.8. The molecule has 10 heteroatoms. The lowest BCUT2D eigenvalue weighted by Gasteiger charge is -2.23. The molecule has 1 amide bonds. The van der Waals surface area contributed by atoms with Gasteiger partial charge in [-0.15, -0.1) is 0 Å². The Morgan fingerprint density at radius 2 is 1.49 bits per heavy atom. The number of aryl methyl sites for hydroxylation is 2. The molecule has 0 heterocycles. The average molecular weight is 663 g/mol. The molecule has 0 spiro atoms. The molecule has 0 aliphatic heterocycles. The van der Waals surface area contributed by atoms with Gasteiger partial charge in [-0.05, 0) is 78.1 Å². The Labute approximate surface area is 233 Å². The van der Waals surface area contributed by atoms with Crippen molar-refractivity contribution < 1.29 is 13.2 Å². The Morgan fingerprint density at radius 1 is 0.886 bits per heavy atom. The van der Waals surface area contributed by atoms with Gasteiger partial charge in [-0.25, -0.2) is 8.42 Å². The molecule has 0 unspecified atom stereocenters. The van der Waals surface area contributed by atoms with Crippen LogP contribution in [0, 0.1) is 0 Å². The molecule has 0 saturated heterocycles. The topological polar surface area (TPSA) is 66.5 Å². The van der Waals surface area contributed by atoms with Crippen molar-refractivity contribution in [2.45, 2.75) is 38.1 Å². The molecular weight excluding hydrogens is 639 g/mol. The molecule has 35 heavy (non-hydrogen) atoms. The summed E-state index contributed by atoms with van der Waals surface area (Å²) in [6.07, 6.45) is 1.43. The van der Waals surface area contributed by atoms with Crippen LogP contribution in [0.4, 0.5) is 5.69 Å². The fourth-order valence-corrected chi connectivity index (χ4v) is 6.13. The number of rotatable bonds is 9. The normalized spacial score (nSPS) is 11.6. The van der Waals surface area contributed by atoms with E-state index in [2.05, 4.69) is 37.2 Å². The Balaban J connectivity index is 1.96. The number of sulfonamides is 1. The third-order valence-electron chi connectivity index (χ3n) is 5.41. The van der Waals surface area contributed by atoms with Crippen LogP contribution < -0.4 is 5.32 Å². The summed E-state index contributed by atoms with van der Waals surface area (Å²) < 4.78 is 29.9. The second-order valence-electron chi connectivity index (χ2n) is 7.83. The molecule has 3 rings (SSSR count). The number of amides is 1. The van der Waals surface area contributed by atoms with Gasteiger partial charge in [0.1, 0.15) is 0 Å². The minimum Gasteiger partial charge on any atom is -0.324 e. The van der Waals surface area contributed by atoms with Crippen LogP contribution in [0.5, 0.6) is 0 Å². The van der Waals surface area contributed by atoms with E-state index in [4.69, 9.17) is 23.2 Å². The maximum Gasteiger partial charge on any atom is 0.243 e. The predicted molar refractivity (Wildman–Crippen MR) is 150 cm³/mol. The number of hydrogen-bond donors (Lipinski definition) is 1. The van der Waals surface area contributed by atoms with E-state index >= 15 is 0 Å². The molecule has 3 aromatic rings. The van der Waals surface area contributed by atoms with Gasteiger partial charge >= 0.3 is 0 Å². The van der Waals surface area contributed by atoms with E-state index < -0.39 is 15.9 Å². The lowest BCUT2D eigenvalue weighted by molar-refractivity contribution is -0.116. The fourth-order valence-electron chi connectivity index (χ4n) is 3.61. The van der Waals surface area contributed by atoms with Gasteiger partial charge in [-0.3, -0.25) is 4.79 Å². The summed E-state index contributed by atoms with van der Waals surface area (Å²) in [7, 11) is -4.00. The van der Waals surface area contributed by atoms with Gasteiger partial charge in [-0.2, -0.15) is 4.31 Å². The van der Waals surface area contributed by atoms with Crippen LogP contribution in [0.25, 0.3) is 0 Å². The molecule has 3 aromatic carbocycles. The minimum atomic E-state index is -4.00. The number of nitrogens with one attached hydrogen (secondary N) is 1. The van der Waals surface area contributed by atoms with Gasteiger partial charge in [0.2, 0.25) is 15.9 Å². The first kappa shape index (κ1) is 28.2. The summed E-state index contributed by atoms with van der Waals surface area (Å²) in [6, 6.07) is 15.1. The van der Waals surface area contributed by atoms with Crippen molar-refractivity contribution in [3.05, 3.63) is 90.3 Å². The van der Waals surface area contributed by atoms with E-state index in [-0.39, 0.29) is 18.0 Å². The van der Waals surface area contributed by atoms with Crippen molar-refractivity contribution in [3.8, 4) is 0 Å². The predicted octanol–water partition coefficient (Wildman–Crippen LogP) is 7.47. The maximum atomic E-state index is 13.5.